The van der Waals surface area contributed by atoms with Gasteiger partial charge in [-0.15, -0.1) is 0 Å². The van der Waals surface area contributed by atoms with Gasteiger partial charge >= 0.3 is 11.9 Å². The Morgan fingerprint density at radius 2 is 1.61 bits per heavy atom. The van der Waals surface area contributed by atoms with E-state index < -0.39 is 21.6 Å². The lowest BCUT2D eigenvalue weighted by Crippen LogP contribution is -2.27. The fourth-order valence-electron chi connectivity index (χ4n) is 1.25. The fraction of sp³-hybridized carbons (Fsp3) is 0.727. The molecule has 0 bridgehead atoms. The van der Waals surface area contributed by atoms with Gasteiger partial charge in [0.25, 0.3) is 0 Å². The van der Waals surface area contributed by atoms with Crippen LogP contribution in [-0.2, 0) is 19.1 Å². The van der Waals surface area contributed by atoms with Crippen molar-refractivity contribution in [3.8, 4) is 0 Å². The molecular weight excluding hydrogens is 276 g/mol. The van der Waals surface area contributed by atoms with Crippen molar-refractivity contribution in [3.05, 3.63) is 0 Å². The molecule has 0 aliphatic heterocycles. The maximum atomic E-state index is 11.6. The molecule has 5 nitrogen and oxygen atoms in total. The normalized spacial score (nSPS) is 13.6. The summed E-state index contributed by atoms with van der Waals surface area (Å²) in [4.78, 5) is 34.0. The Morgan fingerprint density at radius 1 is 1.11 bits per heavy atom. The van der Waals surface area contributed by atoms with Crippen molar-refractivity contribution in [1.82, 2.24) is 0 Å². The Morgan fingerprint density at radius 3 is 2.06 bits per heavy atom. The van der Waals surface area contributed by atoms with E-state index in [4.69, 9.17) is 9.47 Å². The van der Waals surface area contributed by atoms with E-state index in [0.29, 0.717) is 0 Å². The second kappa shape index (κ2) is 9.27. The van der Waals surface area contributed by atoms with E-state index in [-0.39, 0.29) is 25.6 Å². The number of carbonyl (C=O) groups is 3. The van der Waals surface area contributed by atoms with E-state index in [1.807, 2.05) is 0 Å². The first-order valence-electron chi connectivity index (χ1n) is 5.65. The van der Waals surface area contributed by atoms with Crippen LogP contribution in [0.25, 0.3) is 0 Å². The van der Waals surface area contributed by atoms with E-state index in [9.17, 15) is 14.4 Å². The first kappa shape index (κ1) is 17.3. The highest BCUT2D eigenvalue weighted by Gasteiger charge is 2.28. The Kier molecular flexibility index (Phi) is 8.91. The zero-order chi connectivity index (χ0) is 14.1. The molecular formula is C11H18O5S2. The number of thiol groups is 1. The summed E-state index contributed by atoms with van der Waals surface area (Å²) in [5.41, 5.74) is 0. The average molecular weight is 294 g/mol. The Labute approximate surface area is 116 Å². The summed E-state index contributed by atoms with van der Waals surface area (Å²) in [6.07, 6.45) is 0.189. The monoisotopic (exact) mass is 294 g/mol. The van der Waals surface area contributed by atoms with Crippen molar-refractivity contribution in [3.63, 3.8) is 0 Å². The summed E-state index contributed by atoms with van der Waals surface area (Å²) in [6, 6.07) is 0. The molecule has 0 amide bonds. The van der Waals surface area contributed by atoms with Gasteiger partial charge in [0.2, 0.25) is 4.45 Å². The molecule has 2 atom stereocenters. The van der Waals surface area contributed by atoms with Gasteiger partial charge in [-0.1, -0.05) is 31.3 Å². The predicted octanol–water partition coefficient (Wildman–Crippen LogP) is 2.29. The predicted molar refractivity (Wildman–Crippen MR) is 72.8 cm³/mol. The third kappa shape index (κ3) is 6.90. The summed E-state index contributed by atoms with van der Waals surface area (Å²) in [6.45, 7) is 5.54. The zero-order valence-corrected chi connectivity index (χ0v) is 12.4. The lowest BCUT2D eigenvalue weighted by Gasteiger charge is -2.16. The molecule has 0 saturated carbocycles. The molecule has 0 aromatic rings. The van der Waals surface area contributed by atoms with E-state index in [1.165, 1.54) is 0 Å². The van der Waals surface area contributed by atoms with Crippen molar-refractivity contribution < 1.29 is 23.9 Å². The van der Waals surface area contributed by atoms with Gasteiger partial charge in [0, 0.05) is 0 Å². The summed E-state index contributed by atoms with van der Waals surface area (Å²) in [5, 5.41) is -0.727. The van der Waals surface area contributed by atoms with Gasteiger partial charge in [-0.25, -0.2) is 0 Å². The molecule has 0 rings (SSSR count). The lowest BCUT2D eigenvalue weighted by molar-refractivity contribution is -0.148. The summed E-state index contributed by atoms with van der Waals surface area (Å²) < 4.78 is 9.21. The van der Waals surface area contributed by atoms with Crippen LogP contribution in [0.1, 0.15) is 27.2 Å². The average Bonchev–Trinajstić information content (AvgIpc) is 2.28. The van der Waals surface area contributed by atoms with Crippen molar-refractivity contribution in [2.75, 3.05) is 13.2 Å². The molecule has 0 radical (unpaired) electrons. The maximum Gasteiger partial charge on any atom is 0.319 e. The van der Waals surface area contributed by atoms with Crippen LogP contribution in [0, 0.1) is 5.92 Å². The molecule has 0 heterocycles. The van der Waals surface area contributed by atoms with Gasteiger partial charge in [0.1, 0.15) is 5.25 Å². The van der Waals surface area contributed by atoms with E-state index in [1.54, 1.807) is 20.8 Å². The number of carbonyl (C=O) groups excluding carboxylic acids is 3. The number of esters is 2. The van der Waals surface area contributed by atoms with Crippen LogP contribution in [-0.4, -0.2) is 34.8 Å². The van der Waals surface area contributed by atoms with Gasteiger partial charge < -0.3 is 9.47 Å². The summed E-state index contributed by atoms with van der Waals surface area (Å²) in [7, 11) is 0. The van der Waals surface area contributed by atoms with E-state index in [0.717, 1.165) is 11.8 Å². The SMILES string of the molecule is CCOC(=O)C(C)CC(SC(=O)S)C(=O)OCC. The molecule has 0 aromatic carbocycles. The third-order valence-corrected chi connectivity index (χ3v) is 3.24. The second-order valence-corrected chi connectivity index (χ2v) is 5.40. The number of hydrogen-bond acceptors (Lipinski definition) is 6. The number of rotatable bonds is 7. The molecule has 7 heteroatoms. The van der Waals surface area contributed by atoms with E-state index >= 15 is 0 Å². The minimum atomic E-state index is -0.727. The lowest BCUT2D eigenvalue weighted by atomic mass is 10.1. The van der Waals surface area contributed by atoms with Gasteiger partial charge in [-0.2, -0.15) is 0 Å². The van der Waals surface area contributed by atoms with Crippen molar-refractivity contribution >= 4 is 40.8 Å². The van der Waals surface area contributed by atoms with Gasteiger partial charge in [-0.05, 0) is 20.3 Å². The van der Waals surface area contributed by atoms with Gasteiger partial charge in [0.05, 0.1) is 19.1 Å². The van der Waals surface area contributed by atoms with Gasteiger partial charge in [0.15, 0.2) is 0 Å². The molecule has 0 N–H and O–H groups in total. The summed E-state index contributed by atoms with van der Waals surface area (Å²) >= 11 is 4.37. The van der Waals surface area contributed by atoms with Crippen LogP contribution in [0.3, 0.4) is 0 Å². The highest BCUT2D eigenvalue weighted by atomic mass is 32.2. The molecule has 0 fully saturated rings. The van der Waals surface area contributed by atoms with Crippen molar-refractivity contribution in [2.45, 2.75) is 32.4 Å². The van der Waals surface area contributed by atoms with Crippen LogP contribution < -0.4 is 0 Å². The quantitative estimate of drug-likeness (QED) is 0.574. The first-order chi connectivity index (χ1) is 8.42. The maximum absolute atomic E-state index is 11.6. The molecule has 2 unspecified atom stereocenters. The molecule has 0 aliphatic carbocycles. The molecule has 0 aromatic heterocycles. The van der Waals surface area contributed by atoms with Crippen molar-refractivity contribution in [1.29, 1.82) is 0 Å². The number of hydrogen-bond donors (Lipinski definition) is 1. The largest absolute Gasteiger partial charge is 0.466 e. The van der Waals surface area contributed by atoms with Crippen molar-refractivity contribution in [2.24, 2.45) is 5.92 Å². The van der Waals surface area contributed by atoms with E-state index in [2.05, 4.69) is 12.6 Å². The van der Waals surface area contributed by atoms with Crippen LogP contribution >= 0.6 is 24.4 Å². The first-order valence-corrected chi connectivity index (χ1v) is 6.97. The molecule has 0 saturated heterocycles. The minimum absolute atomic E-state index is 0.189. The highest BCUT2D eigenvalue weighted by molar-refractivity contribution is 8.32. The minimum Gasteiger partial charge on any atom is -0.466 e. The molecule has 18 heavy (non-hydrogen) atoms. The zero-order valence-electron chi connectivity index (χ0n) is 10.7. The van der Waals surface area contributed by atoms with Crippen LogP contribution in [0.2, 0.25) is 0 Å². The molecule has 0 spiro atoms. The molecule has 0 aliphatic rings. The number of ether oxygens (including phenoxy) is 2. The highest BCUT2D eigenvalue weighted by Crippen LogP contribution is 2.24. The smallest absolute Gasteiger partial charge is 0.319 e. The van der Waals surface area contributed by atoms with Crippen LogP contribution in [0.4, 0.5) is 4.79 Å². The second-order valence-electron chi connectivity index (χ2n) is 3.51. The third-order valence-electron chi connectivity index (χ3n) is 2.05. The fourth-order valence-corrected chi connectivity index (χ4v) is 2.43. The Bertz CT molecular complexity index is 306. The standard InChI is InChI=1S/C11H18O5S2/c1-4-15-9(12)7(3)6-8(18-11(14)17)10(13)16-5-2/h7-8H,4-6H2,1-3H3,(H,14,17). The Balaban J connectivity index is 4.52. The topological polar surface area (TPSA) is 69.7 Å². The van der Waals surface area contributed by atoms with Crippen LogP contribution in [0.15, 0.2) is 0 Å². The number of thioether (sulfide) groups is 1. The van der Waals surface area contributed by atoms with Crippen LogP contribution in [0.5, 0.6) is 0 Å². The molecule has 104 valence electrons. The Hall–Kier alpha value is -0.690. The van der Waals surface area contributed by atoms with Gasteiger partial charge in [-0.3, -0.25) is 14.4 Å². The summed E-state index contributed by atoms with van der Waals surface area (Å²) in [5.74, 6) is -1.38.